The van der Waals surface area contributed by atoms with Crippen molar-refractivity contribution in [2.24, 2.45) is 23.7 Å². The van der Waals surface area contributed by atoms with Crippen LogP contribution in [0.15, 0.2) is 0 Å². The van der Waals surface area contributed by atoms with Crippen molar-refractivity contribution in [1.82, 2.24) is 4.90 Å². The molecule has 3 fully saturated rings. The van der Waals surface area contributed by atoms with Crippen molar-refractivity contribution in [1.29, 1.82) is 0 Å². The molecule has 0 amide bonds. The zero-order chi connectivity index (χ0) is 12.5. The van der Waals surface area contributed by atoms with E-state index in [4.69, 9.17) is 0 Å². The summed E-state index contributed by atoms with van der Waals surface area (Å²) in [5, 5.41) is 0. The molecule has 18 heavy (non-hydrogen) atoms. The van der Waals surface area contributed by atoms with Crippen LogP contribution < -0.4 is 0 Å². The summed E-state index contributed by atoms with van der Waals surface area (Å²) in [7, 11) is 0. The van der Waals surface area contributed by atoms with Gasteiger partial charge in [-0.1, -0.05) is 19.8 Å². The summed E-state index contributed by atoms with van der Waals surface area (Å²) in [6.45, 7) is 5.91. The average Bonchev–Trinajstić information content (AvgIpc) is 2.92. The van der Waals surface area contributed by atoms with Gasteiger partial charge in [0.25, 0.3) is 0 Å². The lowest BCUT2D eigenvalue weighted by Gasteiger charge is -2.30. The molecule has 0 N–H and O–H groups in total. The molecule has 0 aromatic carbocycles. The largest absolute Gasteiger partial charge is 0.302 e. The fourth-order valence-electron chi connectivity index (χ4n) is 4.54. The molecule has 2 saturated carbocycles. The van der Waals surface area contributed by atoms with Gasteiger partial charge in [-0.2, -0.15) is 0 Å². The molecule has 1 saturated heterocycles. The van der Waals surface area contributed by atoms with Gasteiger partial charge in [0.1, 0.15) is 5.78 Å². The number of fused-ring (bicyclic) bond motifs is 1. The Labute approximate surface area is 111 Å². The van der Waals surface area contributed by atoms with E-state index in [0.717, 1.165) is 37.1 Å². The van der Waals surface area contributed by atoms with Gasteiger partial charge in [-0.05, 0) is 43.4 Å². The van der Waals surface area contributed by atoms with Crippen molar-refractivity contribution in [2.75, 3.05) is 19.6 Å². The van der Waals surface area contributed by atoms with Crippen LogP contribution in [-0.4, -0.2) is 30.3 Å². The third-order valence-electron chi connectivity index (χ3n) is 5.73. The highest BCUT2D eigenvalue weighted by atomic mass is 16.1. The number of carbonyl (C=O) groups excluding carboxylic acids is 1. The van der Waals surface area contributed by atoms with Gasteiger partial charge in [0.2, 0.25) is 0 Å². The van der Waals surface area contributed by atoms with Gasteiger partial charge in [0.05, 0.1) is 0 Å². The first-order valence-corrected chi connectivity index (χ1v) is 8.01. The Kier molecular flexibility index (Phi) is 3.74. The first-order valence-electron chi connectivity index (χ1n) is 8.01. The predicted octanol–water partition coefficient (Wildman–Crippen LogP) is 3.11. The number of rotatable bonds is 3. The van der Waals surface area contributed by atoms with Crippen molar-refractivity contribution in [2.45, 2.75) is 51.9 Å². The van der Waals surface area contributed by atoms with E-state index < -0.39 is 0 Å². The Hall–Kier alpha value is -0.370. The van der Waals surface area contributed by atoms with E-state index in [2.05, 4.69) is 11.8 Å². The van der Waals surface area contributed by atoms with Crippen LogP contribution in [0.5, 0.6) is 0 Å². The normalized spacial score (nSPS) is 41.3. The minimum absolute atomic E-state index is 0.363. The summed E-state index contributed by atoms with van der Waals surface area (Å²) in [5.74, 6) is 3.66. The minimum atomic E-state index is 0.363. The van der Waals surface area contributed by atoms with Crippen LogP contribution >= 0.6 is 0 Å². The van der Waals surface area contributed by atoms with Gasteiger partial charge < -0.3 is 4.90 Å². The molecule has 0 spiro atoms. The summed E-state index contributed by atoms with van der Waals surface area (Å²) < 4.78 is 0. The van der Waals surface area contributed by atoms with E-state index in [9.17, 15) is 4.79 Å². The lowest BCUT2D eigenvalue weighted by Crippen LogP contribution is -2.36. The molecule has 102 valence electrons. The zero-order valence-electron chi connectivity index (χ0n) is 11.7. The molecule has 4 atom stereocenters. The van der Waals surface area contributed by atoms with E-state index in [1.54, 1.807) is 0 Å². The smallest absolute Gasteiger partial charge is 0.137 e. The number of Topliss-reactive ketones (excluding diaryl/α,β-unsaturated/α-hetero) is 1. The maximum Gasteiger partial charge on any atom is 0.137 e. The lowest BCUT2D eigenvalue weighted by atomic mass is 9.79. The van der Waals surface area contributed by atoms with Gasteiger partial charge in [-0.3, -0.25) is 4.79 Å². The van der Waals surface area contributed by atoms with Crippen LogP contribution in [0.3, 0.4) is 0 Å². The number of carbonyl (C=O) groups is 1. The van der Waals surface area contributed by atoms with Crippen molar-refractivity contribution < 1.29 is 4.79 Å². The van der Waals surface area contributed by atoms with Gasteiger partial charge in [-0.25, -0.2) is 0 Å². The fraction of sp³-hybridized carbons (Fsp3) is 0.938. The molecule has 3 rings (SSSR count). The molecular formula is C16H27NO. The number of hydrogen-bond acceptors (Lipinski definition) is 2. The fourth-order valence-corrected chi connectivity index (χ4v) is 4.54. The molecule has 2 aliphatic carbocycles. The Morgan fingerprint density at radius 3 is 2.56 bits per heavy atom. The molecular weight excluding hydrogens is 222 g/mol. The average molecular weight is 249 g/mol. The monoisotopic (exact) mass is 249 g/mol. The quantitative estimate of drug-likeness (QED) is 0.766. The number of nitrogens with zero attached hydrogens (tertiary/aromatic N) is 1. The second kappa shape index (κ2) is 5.32. The first-order chi connectivity index (χ1) is 8.76. The van der Waals surface area contributed by atoms with E-state index in [1.165, 1.54) is 45.2 Å². The molecule has 1 heterocycles. The van der Waals surface area contributed by atoms with Crippen molar-refractivity contribution in [3.05, 3.63) is 0 Å². The standard InChI is InChI=1S/C16H27NO/c1-2-12-6-7-16(18)15(8-12)11-17-9-13-4-3-5-14(13)10-17/h12-15H,2-11H2,1H3. The van der Waals surface area contributed by atoms with E-state index in [1.807, 2.05) is 0 Å². The Bertz CT molecular complexity index is 302. The summed E-state index contributed by atoms with van der Waals surface area (Å²) in [4.78, 5) is 14.7. The highest BCUT2D eigenvalue weighted by Crippen LogP contribution is 2.39. The zero-order valence-corrected chi connectivity index (χ0v) is 11.7. The van der Waals surface area contributed by atoms with E-state index in [0.29, 0.717) is 11.7 Å². The molecule has 0 aromatic rings. The number of hydrogen-bond donors (Lipinski definition) is 0. The maximum absolute atomic E-state index is 12.1. The Balaban J connectivity index is 1.54. The highest BCUT2D eigenvalue weighted by Gasteiger charge is 2.38. The van der Waals surface area contributed by atoms with Crippen molar-refractivity contribution >= 4 is 5.78 Å². The van der Waals surface area contributed by atoms with Crippen LogP contribution in [0.1, 0.15) is 51.9 Å². The van der Waals surface area contributed by atoms with Crippen LogP contribution in [0.4, 0.5) is 0 Å². The van der Waals surface area contributed by atoms with E-state index >= 15 is 0 Å². The van der Waals surface area contributed by atoms with Crippen molar-refractivity contribution in [3.63, 3.8) is 0 Å². The molecule has 0 bridgehead atoms. The third kappa shape index (κ3) is 2.49. The van der Waals surface area contributed by atoms with Gasteiger partial charge >= 0.3 is 0 Å². The molecule has 0 radical (unpaired) electrons. The second-order valence-corrected chi connectivity index (χ2v) is 6.88. The van der Waals surface area contributed by atoms with Gasteiger partial charge in [-0.15, -0.1) is 0 Å². The molecule has 4 unspecified atom stereocenters. The van der Waals surface area contributed by atoms with Gasteiger partial charge in [0, 0.05) is 32.0 Å². The maximum atomic E-state index is 12.1. The lowest BCUT2D eigenvalue weighted by molar-refractivity contribution is -0.126. The Morgan fingerprint density at radius 2 is 1.89 bits per heavy atom. The predicted molar refractivity (Wildman–Crippen MR) is 73.4 cm³/mol. The van der Waals surface area contributed by atoms with Gasteiger partial charge in [0.15, 0.2) is 0 Å². The first kappa shape index (κ1) is 12.7. The van der Waals surface area contributed by atoms with Crippen molar-refractivity contribution in [3.8, 4) is 0 Å². The molecule has 2 heteroatoms. The summed E-state index contributed by atoms with van der Waals surface area (Å²) in [6, 6.07) is 0. The molecule has 3 aliphatic rings. The van der Waals surface area contributed by atoms with E-state index in [-0.39, 0.29) is 0 Å². The van der Waals surface area contributed by atoms with Crippen LogP contribution in [0, 0.1) is 23.7 Å². The number of ketones is 1. The second-order valence-electron chi connectivity index (χ2n) is 6.88. The molecule has 1 aliphatic heterocycles. The highest BCUT2D eigenvalue weighted by molar-refractivity contribution is 5.81. The Morgan fingerprint density at radius 1 is 1.17 bits per heavy atom. The van der Waals surface area contributed by atoms with Crippen LogP contribution in [-0.2, 0) is 4.79 Å². The summed E-state index contributed by atoms with van der Waals surface area (Å²) in [6.07, 6.45) is 8.76. The summed E-state index contributed by atoms with van der Waals surface area (Å²) >= 11 is 0. The molecule has 0 aromatic heterocycles. The molecule has 2 nitrogen and oxygen atoms in total. The summed E-state index contributed by atoms with van der Waals surface area (Å²) in [5.41, 5.74) is 0. The third-order valence-corrected chi connectivity index (χ3v) is 5.73. The van der Waals surface area contributed by atoms with Crippen LogP contribution in [0.2, 0.25) is 0 Å². The topological polar surface area (TPSA) is 20.3 Å². The minimum Gasteiger partial charge on any atom is -0.302 e. The van der Waals surface area contributed by atoms with Crippen LogP contribution in [0.25, 0.3) is 0 Å². The number of likely N-dealkylation sites (tertiary alicyclic amines) is 1. The SMILES string of the molecule is CCC1CCC(=O)C(CN2CC3CCCC3C2)C1.